The summed E-state index contributed by atoms with van der Waals surface area (Å²) in [4.78, 5) is 33.3. The van der Waals surface area contributed by atoms with Crippen LogP contribution < -0.4 is 20.5 Å². The Bertz CT molecular complexity index is 1360. The largest absolute Gasteiger partial charge is 0.573 e. The van der Waals surface area contributed by atoms with Crippen molar-refractivity contribution in [2.45, 2.75) is 13.3 Å². The van der Waals surface area contributed by atoms with E-state index in [0.717, 1.165) is 6.07 Å². The van der Waals surface area contributed by atoms with Crippen molar-refractivity contribution in [3.05, 3.63) is 76.3 Å². The Hall–Kier alpha value is -4.28. The highest BCUT2D eigenvalue weighted by Gasteiger charge is 2.32. The van der Waals surface area contributed by atoms with Crippen LogP contribution in [0.2, 0.25) is 0 Å². The summed E-state index contributed by atoms with van der Waals surface area (Å²) in [5.41, 5.74) is 0.921. The van der Waals surface area contributed by atoms with Crippen LogP contribution in [0.4, 0.5) is 18.9 Å². The highest BCUT2D eigenvalue weighted by molar-refractivity contribution is 6.06. The van der Waals surface area contributed by atoms with Gasteiger partial charge in [-0.3, -0.25) is 9.78 Å². The number of halogens is 3. The van der Waals surface area contributed by atoms with Crippen LogP contribution in [0.25, 0.3) is 11.2 Å². The lowest BCUT2D eigenvalue weighted by molar-refractivity contribution is -0.274. The zero-order chi connectivity index (χ0) is 22.9. The summed E-state index contributed by atoms with van der Waals surface area (Å²) in [6.45, 7) is 1.71. The van der Waals surface area contributed by atoms with Gasteiger partial charge < -0.3 is 19.8 Å². The number of amides is 1. The molecule has 3 N–H and O–H groups in total. The fourth-order valence-corrected chi connectivity index (χ4v) is 2.98. The first kappa shape index (κ1) is 21.0. The molecule has 11 heteroatoms. The number of carbonyl (C=O) groups is 1. The third kappa shape index (κ3) is 4.56. The van der Waals surface area contributed by atoms with E-state index in [4.69, 9.17) is 4.74 Å². The van der Waals surface area contributed by atoms with Crippen LogP contribution in [-0.4, -0.2) is 27.2 Å². The van der Waals surface area contributed by atoms with Crippen molar-refractivity contribution in [3.63, 3.8) is 0 Å². The zero-order valence-electron chi connectivity index (χ0n) is 16.4. The van der Waals surface area contributed by atoms with E-state index in [1.54, 1.807) is 25.1 Å². The highest BCUT2D eigenvalue weighted by atomic mass is 19.4. The monoisotopic (exact) mass is 444 g/mol. The first-order valence-electron chi connectivity index (χ1n) is 9.21. The molecule has 4 rings (SSSR count). The number of anilines is 1. The molecule has 8 nitrogen and oxygen atoms in total. The first-order valence-corrected chi connectivity index (χ1v) is 9.21. The van der Waals surface area contributed by atoms with Gasteiger partial charge in [0, 0.05) is 24.0 Å². The number of para-hydroxylation sites is 1. The predicted octanol–water partition coefficient (Wildman–Crippen LogP) is 4.50. The van der Waals surface area contributed by atoms with E-state index < -0.39 is 23.7 Å². The molecule has 2 aromatic carbocycles. The normalized spacial score (nSPS) is 11.4. The fraction of sp³-hybridized carbons (Fsp3) is 0.0952. The molecule has 0 radical (unpaired) electrons. The van der Waals surface area contributed by atoms with Crippen molar-refractivity contribution < 1.29 is 27.4 Å². The Morgan fingerprint density at radius 2 is 1.84 bits per heavy atom. The molecule has 0 unspecified atom stereocenters. The fourth-order valence-electron chi connectivity index (χ4n) is 2.98. The number of carbonyl (C=O) groups excluding carboxylic acids is 1. The molecule has 164 valence electrons. The molecule has 0 saturated carbocycles. The van der Waals surface area contributed by atoms with Gasteiger partial charge in [-0.1, -0.05) is 18.2 Å². The lowest BCUT2D eigenvalue weighted by atomic mass is 10.1. The van der Waals surface area contributed by atoms with Gasteiger partial charge in [0.05, 0.1) is 5.56 Å². The predicted molar refractivity (Wildman–Crippen MR) is 109 cm³/mol. The van der Waals surface area contributed by atoms with Crippen LogP contribution in [0.3, 0.4) is 0 Å². The molecule has 0 fully saturated rings. The highest BCUT2D eigenvalue weighted by Crippen LogP contribution is 2.31. The molecule has 0 aliphatic carbocycles. The standard InChI is InChI=1S/C21H15F3N4O4/c1-11-6-7-12(31-16-8-9-25-18-17(16)27-20(30)28-18)10-14(11)26-19(29)13-4-2-3-5-15(13)32-21(22,23)24/h2-10H,1H3,(H,26,29)(H2,25,27,28,30). The van der Waals surface area contributed by atoms with Crippen LogP contribution >= 0.6 is 0 Å². The Morgan fingerprint density at radius 3 is 2.62 bits per heavy atom. The van der Waals surface area contributed by atoms with Gasteiger partial charge in [-0.05, 0) is 30.7 Å². The van der Waals surface area contributed by atoms with Gasteiger partial charge in [-0.2, -0.15) is 0 Å². The molecule has 0 bridgehead atoms. The van der Waals surface area contributed by atoms with Crippen LogP contribution in [0.1, 0.15) is 15.9 Å². The quantitative estimate of drug-likeness (QED) is 0.420. The van der Waals surface area contributed by atoms with Gasteiger partial charge in [-0.15, -0.1) is 13.2 Å². The number of nitrogens with zero attached hydrogens (tertiary/aromatic N) is 1. The molecule has 1 amide bonds. The minimum Gasteiger partial charge on any atom is -0.455 e. The van der Waals surface area contributed by atoms with E-state index in [1.807, 2.05) is 0 Å². The number of imidazole rings is 1. The minimum absolute atomic E-state index is 0.281. The number of aryl methyl sites for hydroxylation is 1. The number of nitrogens with one attached hydrogen (secondary N) is 3. The van der Waals surface area contributed by atoms with E-state index in [-0.39, 0.29) is 5.56 Å². The number of ether oxygens (including phenoxy) is 2. The minimum atomic E-state index is -4.94. The average molecular weight is 444 g/mol. The average Bonchev–Trinajstić information content (AvgIpc) is 3.11. The number of benzene rings is 2. The molecule has 0 spiro atoms. The summed E-state index contributed by atoms with van der Waals surface area (Å²) < 4.78 is 47.7. The van der Waals surface area contributed by atoms with Crippen molar-refractivity contribution >= 4 is 22.8 Å². The van der Waals surface area contributed by atoms with Gasteiger partial charge in [0.1, 0.15) is 17.0 Å². The van der Waals surface area contributed by atoms with Crippen LogP contribution in [0.15, 0.2) is 59.5 Å². The van der Waals surface area contributed by atoms with Crippen molar-refractivity contribution in [2.24, 2.45) is 0 Å². The molecule has 0 aliphatic rings. The van der Waals surface area contributed by atoms with Crippen molar-refractivity contribution in [1.82, 2.24) is 15.0 Å². The molecule has 0 atom stereocenters. The van der Waals surface area contributed by atoms with Gasteiger partial charge in [0.15, 0.2) is 11.4 Å². The lowest BCUT2D eigenvalue weighted by Crippen LogP contribution is -2.21. The second-order valence-corrected chi connectivity index (χ2v) is 6.69. The Labute approximate surface area is 178 Å². The maximum Gasteiger partial charge on any atom is 0.573 e. The number of aromatic nitrogens is 3. The van der Waals surface area contributed by atoms with E-state index in [0.29, 0.717) is 33.9 Å². The van der Waals surface area contributed by atoms with Gasteiger partial charge in [-0.25, -0.2) is 9.78 Å². The summed E-state index contributed by atoms with van der Waals surface area (Å²) in [5.74, 6) is -0.761. The van der Waals surface area contributed by atoms with Gasteiger partial charge in [0.2, 0.25) is 0 Å². The second-order valence-electron chi connectivity index (χ2n) is 6.69. The first-order chi connectivity index (χ1) is 15.2. The molecule has 2 aromatic heterocycles. The van der Waals surface area contributed by atoms with Gasteiger partial charge >= 0.3 is 12.1 Å². The zero-order valence-corrected chi connectivity index (χ0v) is 16.4. The summed E-state index contributed by atoms with van der Waals surface area (Å²) in [6, 6.07) is 11.4. The number of pyridine rings is 1. The number of aromatic amines is 2. The number of rotatable bonds is 5. The number of hydrogen-bond acceptors (Lipinski definition) is 5. The molecule has 0 saturated heterocycles. The Kier molecular flexibility index (Phi) is 5.31. The molecule has 0 aliphatic heterocycles. The molecular formula is C21H15F3N4O4. The third-order valence-electron chi connectivity index (χ3n) is 4.43. The molecule has 4 aromatic rings. The van der Waals surface area contributed by atoms with Crippen LogP contribution in [-0.2, 0) is 0 Å². The van der Waals surface area contributed by atoms with Crippen LogP contribution in [0.5, 0.6) is 17.2 Å². The second kappa shape index (κ2) is 8.10. The van der Waals surface area contributed by atoms with Crippen molar-refractivity contribution in [3.8, 4) is 17.2 Å². The third-order valence-corrected chi connectivity index (χ3v) is 4.43. The molecular weight excluding hydrogens is 429 g/mol. The maximum absolute atomic E-state index is 12.7. The maximum atomic E-state index is 12.7. The van der Waals surface area contributed by atoms with Crippen molar-refractivity contribution in [1.29, 1.82) is 0 Å². The van der Waals surface area contributed by atoms with Gasteiger partial charge in [0.25, 0.3) is 5.91 Å². The molecule has 32 heavy (non-hydrogen) atoms. The summed E-state index contributed by atoms with van der Waals surface area (Å²) >= 11 is 0. The van der Waals surface area contributed by atoms with E-state index in [9.17, 15) is 22.8 Å². The number of hydrogen-bond donors (Lipinski definition) is 3. The Morgan fingerprint density at radius 1 is 1.06 bits per heavy atom. The van der Waals surface area contributed by atoms with E-state index in [1.165, 1.54) is 30.5 Å². The molecule has 2 heterocycles. The summed E-state index contributed by atoms with van der Waals surface area (Å²) in [7, 11) is 0. The number of alkyl halides is 3. The van der Waals surface area contributed by atoms with E-state index >= 15 is 0 Å². The summed E-state index contributed by atoms with van der Waals surface area (Å²) in [6.07, 6.45) is -3.48. The Balaban J connectivity index is 1.60. The summed E-state index contributed by atoms with van der Waals surface area (Å²) in [5, 5.41) is 2.58. The lowest BCUT2D eigenvalue weighted by Gasteiger charge is -2.15. The SMILES string of the molecule is Cc1ccc(Oc2ccnc3[nH]c(=O)[nH]c23)cc1NC(=O)c1ccccc1OC(F)(F)F. The number of fused-ring (bicyclic) bond motifs is 1. The van der Waals surface area contributed by atoms with Crippen molar-refractivity contribution in [2.75, 3.05) is 5.32 Å². The topological polar surface area (TPSA) is 109 Å². The smallest absolute Gasteiger partial charge is 0.455 e. The van der Waals surface area contributed by atoms with E-state index in [2.05, 4.69) is 25.0 Å². The number of H-pyrrole nitrogens is 2. The van der Waals surface area contributed by atoms with Crippen LogP contribution in [0, 0.1) is 6.92 Å².